The van der Waals surface area contributed by atoms with Gasteiger partial charge >= 0.3 is 0 Å². The van der Waals surface area contributed by atoms with Crippen molar-refractivity contribution in [2.75, 3.05) is 13.7 Å². The maximum Gasteiger partial charge on any atom is 0.137 e. The van der Waals surface area contributed by atoms with Gasteiger partial charge in [0.1, 0.15) is 5.75 Å². The molecule has 0 saturated carbocycles. The van der Waals surface area contributed by atoms with Crippen LogP contribution >= 0.6 is 0 Å². The van der Waals surface area contributed by atoms with E-state index in [1.54, 1.807) is 12.4 Å². The second-order valence-electron chi connectivity index (χ2n) is 3.92. The maximum atomic E-state index is 5.54. The van der Waals surface area contributed by atoms with E-state index in [9.17, 15) is 0 Å². The predicted octanol–water partition coefficient (Wildman–Crippen LogP) is 1.85. The van der Waals surface area contributed by atoms with E-state index in [1.807, 2.05) is 19.2 Å². The minimum Gasteiger partial charge on any atom is -0.492 e. The molecule has 1 rings (SSSR count). The lowest BCUT2D eigenvalue weighted by Gasteiger charge is -2.23. The number of nitrogens with one attached hydrogen (secondary N) is 1. The zero-order chi connectivity index (χ0) is 10.4. The Balaban J connectivity index is 2.29. The van der Waals surface area contributed by atoms with Crippen LogP contribution in [0, 0.1) is 0 Å². The van der Waals surface area contributed by atoms with Gasteiger partial charge in [-0.05, 0) is 39.4 Å². The van der Waals surface area contributed by atoms with Gasteiger partial charge in [0.2, 0.25) is 0 Å². The fraction of sp³-hybridized carbons (Fsp3) is 0.545. The number of hydrogen-bond acceptors (Lipinski definition) is 3. The van der Waals surface area contributed by atoms with Crippen molar-refractivity contribution in [1.29, 1.82) is 0 Å². The Kier molecular flexibility index (Phi) is 3.89. The molecular weight excluding hydrogens is 176 g/mol. The lowest BCUT2D eigenvalue weighted by Crippen LogP contribution is -2.37. The Labute approximate surface area is 85.5 Å². The van der Waals surface area contributed by atoms with Crippen LogP contribution in [0.25, 0.3) is 0 Å². The van der Waals surface area contributed by atoms with Gasteiger partial charge < -0.3 is 10.1 Å². The highest BCUT2D eigenvalue weighted by Gasteiger charge is 2.13. The quantitative estimate of drug-likeness (QED) is 0.776. The van der Waals surface area contributed by atoms with Gasteiger partial charge in [0.25, 0.3) is 0 Å². The topological polar surface area (TPSA) is 34.1 Å². The first kappa shape index (κ1) is 11.0. The summed E-state index contributed by atoms with van der Waals surface area (Å²) in [6.45, 7) is 5.01. The van der Waals surface area contributed by atoms with E-state index >= 15 is 0 Å². The highest BCUT2D eigenvalue weighted by molar-refractivity contribution is 5.15. The van der Waals surface area contributed by atoms with E-state index in [2.05, 4.69) is 24.1 Å². The van der Waals surface area contributed by atoms with Crippen LogP contribution < -0.4 is 10.1 Å². The highest BCUT2D eigenvalue weighted by Crippen LogP contribution is 2.10. The van der Waals surface area contributed by atoms with Gasteiger partial charge in [0.05, 0.1) is 12.8 Å². The summed E-state index contributed by atoms with van der Waals surface area (Å²) in [7, 11) is 1.96. The van der Waals surface area contributed by atoms with Crippen LogP contribution in [-0.4, -0.2) is 24.2 Å². The van der Waals surface area contributed by atoms with Gasteiger partial charge in [-0.2, -0.15) is 0 Å². The van der Waals surface area contributed by atoms with E-state index < -0.39 is 0 Å². The summed E-state index contributed by atoms with van der Waals surface area (Å²) in [5, 5.41) is 3.23. The number of nitrogens with zero attached hydrogens (tertiary/aromatic N) is 1. The zero-order valence-corrected chi connectivity index (χ0v) is 9.08. The lowest BCUT2D eigenvalue weighted by atomic mass is 10.0. The third-order valence-corrected chi connectivity index (χ3v) is 2.31. The minimum absolute atomic E-state index is 0.127. The van der Waals surface area contributed by atoms with Gasteiger partial charge in [-0.3, -0.25) is 4.98 Å². The van der Waals surface area contributed by atoms with Gasteiger partial charge in [0, 0.05) is 11.7 Å². The van der Waals surface area contributed by atoms with Crippen LogP contribution in [0.15, 0.2) is 24.5 Å². The molecule has 0 unspecified atom stereocenters. The fourth-order valence-corrected chi connectivity index (χ4v) is 0.982. The number of hydrogen-bond donors (Lipinski definition) is 1. The zero-order valence-electron chi connectivity index (χ0n) is 9.08. The number of ether oxygens (including phenoxy) is 1. The second kappa shape index (κ2) is 4.96. The first-order valence-corrected chi connectivity index (χ1v) is 4.86. The summed E-state index contributed by atoms with van der Waals surface area (Å²) in [6, 6.07) is 3.79. The molecule has 0 aliphatic carbocycles. The molecule has 3 heteroatoms. The van der Waals surface area contributed by atoms with Crippen molar-refractivity contribution in [2.45, 2.75) is 25.8 Å². The van der Waals surface area contributed by atoms with Crippen molar-refractivity contribution in [3.05, 3.63) is 24.5 Å². The number of rotatable bonds is 5. The van der Waals surface area contributed by atoms with Gasteiger partial charge in [-0.15, -0.1) is 0 Å². The molecule has 0 aliphatic heterocycles. The highest BCUT2D eigenvalue weighted by atomic mass is 16.5. The van der Waals surface area contributed by atoms with E-state index in [0.717, 1.165) is 12.2 Å². The summed E-state index contributed by atoms with van der Waals surface area (Å²) in [5.74, 6) is 0.833. The SMILES string of the molecule is CNC(C)(C)CCOc1cccnc1. The summed E-state index contributed by atoms with van der Waals surface area (Å²) in [6.07, 6.45) is 4.44. The number of pyridine rings is 1. The van der Waals surface area contributed by atoms with Crippen LogP contribution in [0.4, 0.5) is 0 Å². The first-order chi connectivity index (χ1) is 6.64. The van der Waals surface area contributed by atoms with Gasteiger partial charge in [-0.1, -0.05) is 0 Å². The smallest absolute Gasteiger partial charge is 0.137 e. The average Bonchev–Trinajstić information content (AvgIpc) is 2.19. The standard InChI is InChI=1S/C11H18N2O/c1-11(2,12-3)6-8-14-10-5-4-7-13-9-10/h4-5,7,9,12H,6,8H2,1-3H3. The van der Waals surface area contributed by atoms with Crippen LogP contribution in [0.3, 0.4) is 0 Å². The van der Waals surface area contributed by atoms with Crippen molar-refractivity contribution in [2.24, 2.45) is 0 Å². The first-order valence-electron chi connectivity index (χ1n) is 4.86. The van der Waals surface area contributed by atoms with E-state index in [1.165, 1.54) is 0 Å². The Morgan fingerprint density at radius 1 is 1.50 bits per heavy atom. The third-order valence-electron chi connectivity index (χ3n) is 2.31. The Bertz CT molecular complexity index is 259. The lowest BCUT2D eigenvalue weighted by molar-refractivity contribution is 0.255. The van der Waals surface area contributed by atoms with Gasteiger partial charge in [0.15, 0.2) is 0 Å². The van der Waals surface area contributed by atoms with Crippen molar-refractivity contribution in [1.82, 2.24) is 10.3 Å². The summed E-state index contributed by atoms with van der Waals surface area (Å²) >= 11 is 0. The number of aromatic nitrogens is 1. The third kappa shape index (κ3) is 3.75. The maximum absolute atomic E-state index is 5.54. The Morgan fingerprint density at radius 3 is 2.86 bits per heavy atom. The molecule has 1 aromatic rings. The molecular formula is C11H18N2O. The Hall–Kier alpha value is -1.09. The molecule has 1 heterocycles. The molecule has 0 spiro atoms. The molecule has 0 saturated heterocycles. The second-order valence-corrected chi connectivity index (χ2v) is 3.92. The summed E-state index contributed by atoms with van der Waals surface area (Å²) in [5.41, 5.74) is 0.127. The van der Waals surface area contributed by atoms with Crippen LogP contribution in [0.1, 0.15) is 20.3 Å². The van der Waals surface area contributed by atoms with E-state index in [4.69, 9.17) is 4.74 Å². The predicted molar refractivity (Wildman–Crippen MR) is 57.5 cm³/mol. The normalized spacial score (nSPS) is 11.4. The van der Waals surface area contributed by atoms with E-state index in [-0.39, 0.29) is 5.54 Å². The molecule has 0 aromatic carbocycles. The fourth-order valence-electron chi connectivity index (χ4n) is 0.982. The molecule has 0 aliphatic rings. The molecule has 0 bridgehead atoms. The van der Waals surface area contributed by atoms with Crippen molar-refractivity contribution in [3.8, 4) is 5.75 Å². The van der Waals surface area contributed by atoms with Crippen LogP contribution in [0.2, 0.25) is 0 Å². The molecule has 0 amide bonds. The minimum atomic E-state index is 0.127. The molecule has 3 nitrogen and oxygen atoms in total. The van der Waals surface area contributed by atoms with Crippen molar-refractivity contribution < 1.29 is 4.74 Å². The molecule has 1 aromatic heterocycles. The van der Waals surface area contributed by atoms with Crippen molar-refractivity contribution in [3.63, 3.8) is 0 Å². The summed E-state index contributed by atoms with van der Waals surface area (Å²) < 4.78 is 5.54. The average molecular weight is 194 g/mol. The largest absolute Gasteiger partial charge is 0.492 e. The van der Waals surface area contributed by atoms with Crippen LogP contribution in [-0.2, 0) is 0 Å². The molecule has 78 valence electrons. The van der Waals surface area contributed by atoms with Crippen LogP contribution in [0.5, 0.6) is 5.75 Å². The van der Waals surface area contributed by atoms with Crippen molar-refractivity contribution >= 4 is 0 Å². The molecule has 14 heavy (non-hydrogen) atoms. The molecule has 1 N–H and O–H groups in total. The molecule has 0 atom stereocenters. The molecule has 0 fully saturated rings. The monoisotopic (exact) mass is 194 g/mol. The van der Waals surface area contributed by atoms with Gasteiger partial charge in [-0.25, -0.2) is 0 Å². The van der Waals surface area contributed by atoms with E-state index in [0.29, 0.717) is 6.61 Å². The molecule has 0 radical (unpaired) electrons. The summed E-state index contributed by atoms with van der Waals surface area (Å²) in [4.78, 5) is 3.98. The Morgan fingerprint density at radius 2 is 2.29 bits per heavy atom.